The topological polar surface area (TPSA) is 85.1 Å². The lowest BCUT2D eigenvalue weighted by Gasteiger charge is -2.12. The van der Waals surface area contributed by atoms with E-state index >= 15 is 0 Å². The van der Waals surface area contributed by atoms with Crippen molar-refractivity contribution in [1.29, 1.82) is 0 Å². The molecule has 2 aromatic carbocycles. The number of aromatic nitrogens is 2. The molecule has 1 heterocycles. The molecular formula is C19H18N4O3. The van der Waals surface area contributed by atoms with Gasteiger partial charge in [0.25, 0.3) is 11.5 Å². The van der Waals surface area contributed by atoms with Gasteiger partial charge >= 0.3 is 5.69 Å². The van der Waals surface area contributed by atoms with Gasteiger partial charge in [-0.25, -0.2) is 4.79 Å². The predicted octanol–water partition coefficient (Wildman–Crippen LogP) is 1.51. The highest BCUT2D eigenvalue weighted by Gasteiger charge is 2.09. The van der Waals surface area contributed by atoms with Crippen molar-refractivity contribution in [2.75, 3.05) is 5.43 Å². The zero-order valence-electron chi connectivity index (χ0n) is 14.4. The van der Waals surface area contributed by atoms with Gasteiger partial charge in [-0.3, -0.25) is 29.6 Å². The fraction of sp³-hybridized carbons (Fsp3) is 0.105. The quantitative estimate of drug-likeness (QED) is 0.699. The minimum atomic E-state index is -0.485. The molecular weight excluding hydrogens is 332 g/mol. The smallest absolute Gasteiger partial charge is 0.283 e. The van der Waals surface area contributed by atoms with E-state index < -0.39 is 11.2 Å². The molecule has 2 N–H and O–H groups in total. The van der Waals surface area contributed by atoms with Gasteiger partial charge in [-0.15, -0.1) is 0 Å². The van der Waals surface area contributed by atoms with Gasteiger partial charge in [-0.05, 0) is 23.3 Å². The summed E-state index contributed by atoms with van der Waals surface area (Å²) < 4.78 is 2.22. The maximum absolute atomic E-state index is 12.3. The van der Waals surface area contributed by atoms with E-state index in [0.29, 0.717) is 5.56 Å². The summed E-state index contributed by atoms with van der Waals surface area (Å²) in [5, 5.41) is 0. The summed E-state index contributed by atoms with van der Waals surface area (Å²) in [7, 11) is 2.90. The van der Waals surface area contributed by atoms with Crippen LogP contribution in [0.1, 0.15) is 10.4 Å². The number of benzene rings is 2. The Hall–Kier alpha value is -3.61. The lowest BCUT2D eigenvalue weighted by atomic mass is 10.0. The molecule has 0 saturated carbocycles. The Balaban J connectivity index is 1.73. The Morgan fingerprint density at radius 3 is 2.12 bits per heavy atom. The molecule has 0 aliphatic carbocycles. The summed E-state index contributed by atoms with van der Waals surface area (Å²) in [4.78, 5) is 35.8. The summed E-state index contributed by atoms with van der Waals surface area (Å²) in [6.07, 6.45) is 0. The van der Waals surface area contributed by atoms with Crippen molar-refractivity contribution in [1.82, 2.24) is 14.6 Å². The number of hydrogen-bond donors (Lipinski definition) is 2. The summed E-state index contributed by atoms with van der Waals surface area (Å²) >= 11 is 0. The lowest BCUT2D eigenvalue weighted by molar-refractivity contribution is 0.0962. The molecule has 26 heavy (non-hydrogen) atoms. The number of hydrogen-bond acceptors (Lipinski definition) is 4. The standard InChI is InChI=1S/C19H18N4O3/c1-22-16(12-17(24)23(2)19(22)26)20-21-18(25)15-10-8-14(9-11-15)13-6-4-3-5-7-13/h3-12,20H,1-2H3,(H,21,25). The van der Waals surface area contributed by atoms with E-state index in [1.807, 2.05) is 42.5 Å². The van der Waals surface area contributed by atoms with Gasteiger partial charge in [0, 0.05) is 25.7 Å². The predicted molar refractivity (Wildman–Crippen MR) is 99.9 cm³/mol. The van der Waals surface area contributed by atoms with E-state index in [2.05, 4.69) is 10.9 Å². The molecule has 7 nitrogen and oxygen atoms in total. The molecule has 1 amide bonds. The third-order valence-electron chi connectivity index (χ3n) is 4.08. The number of nitrogens with one attached hydrogen (secondary N) is 2. The molecule has 0 spiro atoms. The lowest BCUT2D eigenvalue weighted by Crippen LogP contribution is -2.40. The Morgan fingerprint density at radius 1 is 0.846 bits per heavy atom. The molecule has 132 valence electrons. The fourth-order valence-corrected chi connectivity index (χ4v) is 2.49. The second-order valence-electron chi connectivity index (χ2n) is 5.79. The van der Waals surface area contributed by atoms with Crippen LogP contribution in [0.4, 0.5) is 5.82 Å². The maximum Gasteiger partial charge on any atom is 0.332 e. The van der Waals surface area contributed by atoms with E-state index in [-0.39, 0.29) is 11.7 Å². The van der Waals surface area contributed by atoms with Crippen LogP contribution < -0.4 is 22.1 Å². The Bertz CT molecular complexity index is 1050. The van der Waals surface area contributed by atoms with Gasteiger partial charge in [-0.2, -0.15) is 0 Å². The fourth-order valence-electron chi connectivity index (χ4n) is 2.49. The van der Waals surface area contributed by atoms with E-state index in [1.54, 1.807) is 12.1 Å². The van der Waals surface area contributed by atoms with Gasteiger partial charge in [0.2, 0.25) is 0 Å². The molecule has 0 saturated heterocycles. The van der Waals surface area contributed by atoms with Crippen LogP contribution in [0, 0.1) is 0 Å². The zero-order valence-corrected chi connectivity index (χ0v) is 14.4. The van der Waals surface area contributed by atoms with Crippen molar-refractivity contribution in [3.8, 4) is 11.1 Å². The molecule has 7 heteroatoms. The van der Waals surface area contributed by atoms with Crippen LogP contribution in [0.25, 0.3) is 11.1 Å². The molecule has 3 aromatic rings. The third kappa shape index (κ3) is 3.41. The highest BCUT2D eigenvalue weighted by molar-refractivity contribution is 5.95. The van der Waals surface area contributed by atoms with Crippen molar-refractivity contribution in [2.24, 2.45) is 14.1 Å². The Kier molecular flexibility index (Phi) is 4.70. The Labute approximate surface area is 149 Å². The van der Waals surface area contributed by atoms with Gasteiger partial charge < -0.3 is 0 Å². The van der Waals surface area contributed by atoms with E-state index in [1.165, 1.54) is 24.7 Å². The van der Waals surface area contributed by atoms with Crippen LogP contribution in [-0.2, 0) is 14.1 Å². The minimum Gasteiger partial charge on any atom is -0.283 e. The Morgan fingerprint density at radius 2 is 1.46 bits per heavy atom. The van der Waals surface area contributed by atoms with Gasteiger partial charge in [0.05, 0.1) is 0 Å². The number of carbonyl (C=O) groups excluding carboxylic acids is 1. The second-order valence-corrected chi connectivity index (χ2v) is 5.79. The number of amides is 1. The number of rotatable bonds is 4. The van der Waals surface area contributed by atoms with Gasteiger partial charge in [0.15, 0.2) is 0 Å². The van der Waals surface area contributed by atoms with Crippen molar-refractivity contribution in [3.63, 3.8) is 0 Å². The number of hydrazine groups is 1. The SMILES string of the molecule is Cn1c(NNC(=O)c2ccc(-c3ccccc3)cc2)cc(=O)n(C)c1=O. The van der Waals surface area contributed by atoms with Gasteiger partial charge in [0.1, 0.15) is 5.82 Å². The average molecular weight is 350 g/mol. The van der Waals surface area contributed by atoms with Crippen LogP contribution in [0.3, 0.4) is 0 Å². The van der Waals surface area contributed by atoms with E-state index in [4.69, 9.17) is 0 Å². The molecule has 0 aliphatic rings. The van der Waals surface area contributed by atoms with Crippen molar-refractivity contribution < 1.29 is 4.79 Å². The molecule has 0 bridgehead atoms. The highest BCUT2D eigenvalue weighted by atomic mass is 16.2. The summed E-state index contributed by atoms with van der Waals surface area (Å²) in [6.45, 7) is 0. The summed E-state index contributed by atoms with van der Waals surface area (Å²) in [6, 6.07) is 18.2. The van der Waals surface area contributed by atoms with Crippen LogP contribution in [0.2, 0.25) is 0 Å². The first kappa shape index (κ1) is 17.2. The van der Waals surface area contributed by atoms with E-state index in [9.17, 15) is 14.4 Å². The van der Waals surface area contributed by atoms with Crippen molar-refractivity contribution in [2.45, 2.75) is 0 Å². The van der Waals surface area contributed by atoms with Crippen molar-refractivity contribution in [3.05, 3.63) is 87.1 Å². The monoisotopic (exact) mass is 350 g/mol. The first-order valence-electron chi connectivity index (χ1n) is 7.96. The third-order valence-corrected chi connectivity index (χ3v) is 4.08. The van der Waals surface area contributed by atoms with Crippen molar-refractivity contribution >= 4 is 11.7 Å². The van der Waals surface area contributed by atoms with Crippen LogP contribution in [0.5, 0.6) is 0 Å². The molecule has 0 atom stereocenters. The molecule has 0 radical (unpaired) electrons. The molecule has 3 rings (SSSR count). The number of anilines is 1. The highest BCUT2D eigenvalue weighted by Crippen LogP contribution is 2.19. The summed E-state index contributed by atoms with van der Waals surface area (Å²) in [5.74, 6) is -0.176. The first-order valence-corrected chi connectivity index (χ1v) is 7.96. The minimum absolute atomic E-state index is 0.201. The normalized spacial score (nSPS) is 10.4. The van der Waals surface area contributed by atoms with Crippen LogP contribution in [0.15, 0.2) is 70.3 Å². The molecule has 1 aromatic heterocycles. The number of carbonyl (C=O) groups is 1. The first-order chi connectivity index (χ1) is 12.5. The molecule has 0 aliphatic heterocycles. The number of nitrogens with zero attached hydrogens (tertiary/aromatic N) is 2. The molecule has 0 fully saturated rings. The van der Waals surface area contributed by atoms with Crippen LogP contribution >= 0.6 is 0 Å². The molecule has 0 unspecified atom stereocenters. The summed E-state index contributed by atoms with van der Waals surface area (Å²) in [5.41, 5.74) is 6.68. The average Bonchev–Trinajstić information content (AvgIpc) is 2.68. The van der Waals surface area contributed by atoms with E-state index in [0.717, 1.165) is 15.7 Å². The zero-order chi connectivity index (χ0) is 18.7. The maximum atomic E-state index is 12.3. The van der Waals surface area contributed by atoms with Crippen LogP contribution in [-0.4, -0.2) is 15.0 Å². The second kappa shape index (κ2) is 7.10. The van der Waals surface area contributed by atoms with Gasteiger partial charge in [-0.1, -0.05) is 42.5 Å². The largest absolute Gasteiger partial charge is 0.332 e.